The molecule has 0 bridgehead atoms. The third kappa shape index (κ3) is 5.72. The second kappa shape index (κ2) is 10.7. The van der Waals surface area contributed by atoms with Crippen LogP contribution in [0.25, 0.3) is 0 Å². The van der Waals surface area contributed by atoms with Crippen molar-refractivity contribution in [1.82, 2.24) is 4.83 Å². The lowest BCUT2D eigenvalue weighted by Gasteiger charge is -2.31. The number of aryl methyl sites for hydroxylation is 1. The van der Waals surface area contributed by atoms with Gasteiger partial charge in [0.1, 0.15) is 6.10 Å². The Labute approximate surface area is 200 Å². The van der Waals surface area contributed by atoms with Gasteiger partial charge >= 0.3 is 5.97 Å². The zero-order valence-corrected chi connectivity index (χ0v) is 19.9. The van der Waals surface area contributed by atoms with E-state index >= 15 is 0 Å². The highest BCUT2D eigenvalue weighted by Crippen LogP contribution is 2.35. The first-order valence-corrected chi connectivity index (χ1v) is 12.9. The first kappa shape index (κ1) is 23.7. The Bertz CT molecular complexity index is 1240. The van der Waals surface area contributed by atoms with Gasteiger partial charge in [0.05, 0.1) is 4.90 Å². The zero-order chi connectivity index (χ0) is 24.0. The average Bonchev–Trinajstić information content (AvgIpc) is 2.86. The van der Waals surface area contributed by atoms with Crippen LogP contribution in [-0.4, -0.2) is 26.2 Å². The van der Waals surface area contributed by atoms with Gasteiger partial charge in [-0.1, -0.05) is 84.8 Å². The van der Waals surface area contributed by atoms with E-state index in [9.17, 15) is 13.2 Å². The molecule has 4 rings (SSSR count). The smallest absolute Gasteiger partial charge is 0.359 e. The van der Waals surface area contributed by atoms with E-state index in [4.69, 9.17) is 4.74 Å². The van der Waals surface area contributed by atoms with Gasteiger partial charge in [0.25, 0.3) is 10.0 Å². The van der Waals surface area contributed by atoms with Crippen LogP contribution in [0.1, 0.15) is 48.3 Å². The quantitative estimate of drug-likeness (QED) is 0.297. The maximum atomic E-state index is 13.3. The fraction of sp³-hybridized carbons (Fsp3) is 0.259. The fourth-order valence-electron chi connectivity index (χ4n) is 4.21. The molecule has 176 valence electrons. The number of sulfonamides is 1. The van der Waals surface area contributed by atoms with Gasteiger partial charge < -0.3 is 4.74 Å². The van der Waals surface area contributed by atoms with E-state index in [1.165, 1.54) is 12.1 Å². The number of ether oxygens (including phenoxy) is 1. The molecule has 0 aromatic heterocycles. The van der Waals surface area contributed by atoms with Gasteiger partial charge in [-0.3, -0.25) is 0 Å². The molecule has 0 heterocycles. The zero-order valence-electron chi connectivity index (χ0n) is 19.1. The molecular weight excluding hydrogens is 448 g/mol. The molecule has 3 aromatic rings. The van der Waals surface area contributed by atoms with Crippen molar-refractivity contribution in [2.24, 2.45) is 5.10 Å². The van der Waals surface area contributed by atoms with Gasteiger partial charge in [-0.2, -0.15) is 18.4 Å². The van der Waals surface area contributed by atoms with E-state index in [-0.39, 0.29) is 22.6 Å². The number of carbonyl (C=O) groups excluding carboxylic acids is 1. The molecule has 0 spiro atoms. The fourth-order valence-corrected chi connectivity index (χ4v) is 5.02. The summed E-state index contributed by atoms with van der Waals surface area (Å²) in [4.78, 5) is 15.6. The summed E-state index contributed by atoms with van der Waals surface area (Å²) in [7, 11) is -3.95. The lowest BCUT2D eigenvalue weighted by molar-refractivity contribution is -0.143. The summed E-state index contributed by atoms with van der Waals surface area (Å²) >= 11 is 0. The highest BCUT2D eigenvalue weighted by Gasteiger charge is 2.31. The van der Waals surface area contributed by atoms with Crippen LogP contribution in [0.2, 0.25) is 0 Å². The number of benzene rings is 3. The van der Waals surface area contributed by atoms with Crippen LogP contribution in [0.15, 0.2) is 94.9 Å². The van der Waals surface area contributed by atoms with Crippen LogP contribution in [0, 0.1) is 6.92 Å². The molecule has 0 aliphatic heterocycles. The van der Waals surface area contributed by atoms with E-state index in [1.807, 2.05) is 31.2 Å². The van der Waals surface area contributed by atoms with Gasteiger partial charge in [0.15, 0.2) is 5.71 Å². The number of nitrogens with zero attached hydrogens (tertiary/aromatic N) is 1. The molecule has 0 amide bonds. The molecule has 6 nitrogen and oxygen atoms in total. The van der Waals surface area contributed by atoms with Crippen molar-refractivity contribution in [2.75, 3.05) is 0 Å². The highest BCUT2D eigenvalue weighted by atomic mass is 32.2. The molecule has 1 saturated carbocycles. The van der Waals surface area contributed by atoms with Gasteiger partial charge in [-0.25, -0.2) is 4.79 Å². The average molecular weight is 477 g/mol. The lowest BCUT2D eigenvalue weighted by atomic mass is 9.81. The van der Waals surface area contributed by atoms with Crippen molar-refractivity contribution in [2.45, 2.75) is 49.5 Å². The Morgan fingerprint density at radius 3 is 2.18 bits per heavy atom. The van der Waals surface area contributed by atoms with E-state index in [2.05, 4.69) is 22.1 Å². The van der Waals surface area contributed by atoms with Gasteiger partial charge in [-0.05, 0) is 43.9 Å². The normalized spacial score (nSPS) is 18.8. The van der Waals surface area contributed by atoms with E-state index in [1.54, 1.807) is 36.4 Å². The predicted molar refractivity (Wildman–Crippen MR) is 132 cm³/mol. The minimum absolute atomic E-state index is 0.0686. The largest absolute Gasteiger partial charge is 0.457 e. The molecule has 2 atom stereocenters. The van der Waals surface area contributed by atoms with Crippen molar-refractivity contribution >= 4 is 21.7 Å². The Morgan fingerprint density at radius 2 is 1.50 bits per heavy atom. The monoisotopic (exact) mass is 476 g/mol. The van der Waals surface area contributed by atoms with Crippen molar-refractivity contribution in [3.8, 4) is 0 Å². The SMILES string of the molecule is Cc1ccc(S(=O)(=O)N/N=C(/C(=O)O[C@H]2CCCC[C@@H]2c2ccccc2)c2ccccc2)cc1. The lowest BCUT2D eigenvalue weighted by Crippen LogP contribution is -2.33. The second-order valence-electron chi connectivity index (χ2n) is 8.48. The van der Waals surface area contributed by atoms with E-state index in [0.717, 1.165) is 36.8 Å². The van der Waals surface area contributed by atoms with Crippen molar-refractivity contribution < 1.29 is 17.9 Å². The molecule has 3 aromatic carbocycles. The van der Waals surface area contributed by atoms with E-state index < -0.39 is 16.0 Å². The standard InChI is InChI=1S/C27H28N2O4S/c1-20-16-18-23(19-17-20)34(31,32)29-28-26(22-12-6-3-7-13-22)27(30)33-25-15-9-8-14-24(25)21-10-4-2-5-11-21/h2-7,10-13,16-19,24-25,29H,8-9,14-15H2,1H3/b28-26+/t24-,25+/m1/s1. The van der Waals surface area contributed by atoms with Crippen LogP contribution in [0.5, 0.6) is 0 Å². The van der Waals surface area contributed by atoms with Crippen molar-refractivity contribution in [3.05, 3.63) is 102 Å². The molecule has 0 saturated heterocycles. The topological polar surface area (TPSA) is 84.8 Å². The molecule has 7 heteroatoms. The highest BCUT2D eigenvalue weighted by molar-refractivity contribution is 7.89. The molecular formula is C27H28N2O4S. The second-order valence-corrected chi connectivity index (χ2v) is 10.1. The molecule has 0 radical (unpaired) electrons. The Balaban J connectivity index is 1.59. The van der Waals surface area contributed by atoms with Crippen LogP contribution < -0.4 is 4.83 Å². The molecule has 1 N–H and O–H groups in total. The number of hydrogen-bond acceptors (Lipinski definition) is 5. The van der Waals surface area contributed by atoms with Crippen LogP contribution in [0.3, 0.4) is 0 Å². The van der Waals surface area contributed by atoms with Gasteiger partial charge in [0, 0.05) is 11.5 Å². The number of hydrazone groups is 1. The summed E-state index contributed by atoms with van der Waals surface area (Å²) in [6.45, 7) is 1.87. The van der Waals surface area contributed by atoms with Crippen LogP contribution in [0.4, 0.5) is 0 Å². The summed E-state index contributed by atoms with van der Waals surface area (Å²) in [6.07, 6.45) is 3.43. The van der Waals surface area contributed by atoms with Gasteiger partial charge in [0.2, 0.25) is 0 Å². The predicted octanol–water partition coefficient (Wildman–Crippen LogP) is 4.95. The first-order chi connectivity index (χ1) is 16.4. The molecule has 1 aliphatic carbocycles. The number of esters is 1. The third-order valence-corrected chi connectivity index (χ3v) is 7.26. The van der Waals surface area contributed by atoms with Crippen molar-refractivity contribution in [1.29, 1.82) is 0 Å². The summed E-state index contributed by atoms with van der Waals surface area (Å²) in [5, 5.41) is 4.03. The van der Waals surface area contributed by atoms with Crippen molar-refractivity contribution in [3.63, 3.8) is 0 Å². The van der Waals surface area contributed by atoms with E-state index in [0.29, 0.717) is 5.56 Å². The number of hydrogen-bond donors (Lipinski definition) is 1. The Kier molecular flexibility index (Phi) is 7.43. The summed E-state index contributed by atoms with van der Waals surface area (Å²) in [5.74, 6) is -0.550. The number of rotatable bonds is 7. The van der Waals surface area contributed by atoms with Crippen LogP contribution >= 0.6 is 0 Å². The summed E-state index contributed by atoms with van der Waals surface area (Å²) < 4.78 is 31.5. The van der Waals surface area contributed by atoms with Gasteiger partial charge in [-0.15, -0.1) is 0 Å². The molecule has 34 heavy (non-hydrogen) atoms. The Morgan fingerprint density at radius 1 is 0.882 bits per heavy atom. The number of carbonyl (C=O) groups is 1. The van der Waals surface area contributed by atoms with Crippen LogP contribution in [-0.2, 0) is 19.6 Å². The minimum Gasteiger partial charge on any atom is -0.457 e. The maximum absolute atomic E-state index is 13.3. The molecule has 1 fully saturated rings. The summed E-state index contributed by atoms with van der Waals surface area (Å²) in [5.41, 5.74) is 2.48. The summed E-state index contributed by atoms with van der Waals surface area (Å²) in [6, 6.07) is 25.2. The first-order valence-electron chi connectivity index (χ1n) is 11.4. The third-order valence-electron chi connectivity index (χ3n) is 6.04. The Hall–Kier alpha value is -3.45. The number of nitrogens with one attached hydrogen (secondary N) is 1. The minimum atomic E-state index is -3.95. The molecule has 0 unspecified atom stereocenters. The maximum Gasteiger partial charge on any atom is 0.359 e. The molecule has 1 aliphatic rings.